The van der Waals surface area contributed by atoms with Gasteiger partial charge in [-0.2, -0.15) is 0 Å². The van der Waals surface area contributed by atoms with E-state index in [0.717, 1.165) is 30.5 Å². The Hall–Kier alpha value is -2.04. The van der Waals surface area contributed by atoms with Gasteiger partial charge in [-0.15, -0.1) is 0 Å². The average molecular weight is 276 g/mol. The molecule has 2 amide bonds. The topological polar surface area (TPSA) is 69.6 Å². The number of benzene rings is 1. The fraction of sp³-hybridized carbons (Fsp3) is 0.467. The van der Waals surface area contributed by atoms with Crippen LogP contribution in [0.1, 0.15) is 31.7 Å². The number of hydrogen-bond acceptors (Lipinski definition) is 2. The first-order valence-corrected chi connectivity index (χ1v) is 6.99. The van der Waals surface area contributed by atoms with Crippen LogP contribution >= 0.6 is 0 Å². The molecule has 0 aliphatic carbocycles. The van der Waals surface area contributed by atoms with Crippen LogP contribution in [-0.4, -0.2) is 34.6 Å². The van der Waals surface area contributed by atoms with Crippen molar-refractivity contribution in [2.45, 2.75) is 38.6 Å². The van der Waals surface area contributed by atoms with Crippen LogP contribution in [0.25, 0.3) is 0 Å². The smallest absolute Gasteiger partial charge is 0.322 e. The van der Waals surface area contributed by atoms with Gasteiger partial charge in [-0.05, 0) is 30.9 Å². The fourth-order valence-electron chi connectivity index (χ4n) is 2.65. The quantitative estimate of drug-likeness (QED) is 0.888. The van der Waals surface area contributed by atoms with Gasteiger partial charge in [-0.25, -0.2) is 4.79 Å². The van der Waals surface area contributed by atoms with Crippen molar-refractivity contribution >= 4 is 17.7 Å². The van der Waals surface area contributed by atoms with Gasteiger partial charge in [0.15, 0.2) is 0 Å². The van der Waals surface area contributed by atoms with E-state index in [0.29, 0.717) is 6.54 Å². The van der Waals surface area contributed by atoms with Gasteiger partial charge in [0.1, 0.15) is 0 Å². The van der Waals surface area contributed by atoms with Crippen LogP contribution in [0.3, 0.4) is 0 Å². The van der Waals surface area contributed by atoms with E-state index in [2.05, 4.69) is 5.32 Å². The van der Waals surface area contributed by atoms with E-state index >= 15 is 0 Å². The van der Waals surface area contributed by atoms with Gasteiger partial charge in [0.2, 0.25) is 0 Å². The first-order chi connectivity index (χ1) is 9.61. The number of carbonyl (C=O) groups excluding carboxylic acids is 1. The molecule has 1 aromatic carbocycles. The number of aliphatic carboxylic acids is 1. The van der Waals surface area contributed by atoms with Gasteiger partial charge >= 0.3 is 12.0 Å². The number of amides is 2. The third-order valence-electron chi connectivity index (χ3n) is 3.69. The third-order valence-corrected chi connectivity index (χ3v) is 3.69. The lowest BCUT2D eigenvalue weighted by Crippen LogP contribution is -2.39. The molecule has 0 radical (unpaired) electrons. The molecule has 1 saturated heterocycles. The van der Waals surface area contributed by atoms with Gasteiger partial charge in [-0.3, -0.25) is 4.79 Å². The van der Waals surface area contributed by atoms with Crippen molar-refractivity contribution in [1.29, 1.82) is 0 Å². The Kier molecular flexibility index (Phi) is 4.61. The van der Waals surface area contributed by atoms with E-state index in [1.807, 2.05) is 31.2 Å². The summed E-state index contributed by atoms with van der Waals surface area (Å²) in [6.45, 7) is 2.66. The van der Waals surface area contributed by atoms with Crippen LogP contribution in [0.15, 0.2) is 24.3 Å². The van der Waals surface area contributed by atoms with E-state index in [9.17, 15) is 9.59 Å². The maximum Gasteiger partial charge on any atom is 0.322 e. The molecule has 2 N–H and O–H groups in total. The van der Waals surface area contributed by atoms with Gasteiger partial charge in [-0.1, -0.05) is 25.1 Å². The van der Waals surface area contributed by atoms with E-state index in [-0.39, 0.29) is 18.5 Å². The zero-order valence-electron chi connectivity index (χ0n) is 11.6. The molecular weight excluding hydrogens is 256 g/mol. The van der Waals surface area contributed by atoms with E-state index in [1.165, 1.54) is 0 Å². The molecule has 20 heavy (non-hydrogen) atoms. The predicted molar refractivity (Wildman–Crippen MR) is 76.8 cm³/mol. The molecule has 1 aromatic rings. The molecule has 5 heteroatoms. The van der Waals surface area contributed by atoms with Crippen LogP contribution in [0, 0.1) is 0 Å². The number of carbonyl (C=O) groups is 2. The molecule has 0 saturated carbocycles. The second-order valence-electron chi connectivity index (χ2n) is 5.03. The van der Waals surface area contributed by atoms with Crippen molar-refractivity contribution in [2.24, 2.45) is 0 Å². The number of likely N-dealkylation sites (tertiary alicyclic amines) is 1. The maximum atomic E-state index is 12.3. The minimum Gasteiger partial charge on any atom is -0.481 e. The largest absolute Gasteiger partial charge is 0.481 e. The van der Waals surface area contributed by atoms with Crippen molar-refractivity contribution in [1.82, 2.24) is 4.90 Å². The van der Waals surface area contributed by atoms with E-state index in [4.69, 9.17) is 5.11 Å². The van der Waals surface area contributed by atoms with Crippen molar-refractivity contribution in [3.8, 4) is 0 Å². The highest BCUT2D eigenvalue weighted by Gasteiger charge is 2.30. The summed E-state index contributed by atoms with van der Waals surface area (Å²) in [5.41, 5.74) is 1.89. The molecule has 2 rings (SSSR count). The monoisotopic (exact) mass is 276 g/mol. The first kappa shape index (κ1) is 14.4. The van der Waals surface area contributed by atoms with Crippen LogP contribution < -0.4 is 5.32 Å². The Morgan fingerprint density at radius 2 is 2.15 bits per heavy atom. The maximum absolute atomic E-state index is 12.3. The summed E-state index contributed by atoms with van der Waals surface area (Å²) < 4.78 is 0. The fourth-order valence-corrected chi connectivity index (χ4v) is 2.65. The Bertz CT molecular complexity index is 502. The summed E-state index contributed by atoms with van der Waals surface area (Å²) in [6.07, 6.45) is 2.48. The second-order valence-corrected chi connectivity index (χ2v) is 5.03. The normalized spacial score (nSPS) is 18.1. The van der Waals surface area contributed by atoms with Crippen molar-refractivity contribution in [3.63, 3.8) is 0 Å². The lowest BCUT2D eigenvalue weighted by molar-refractivity contribution is -0.137. The van der Waals surface area contributed by atoms with Crippen molar-refractivity contribution < 1.29 is 14.7 Å². The second kappa shape index (κ2) is 6.41. The zero-order valence-corrected chi connectivity index (χ0v) is 11.6. The Morgan fingerprint density at radius 3 is 2.85 bits per heavy atom. The molecule has 1 aliphatic rings. The lowest BCUT2D eigenvalue weighted by Gasteiger charge is -2.24. The molecule has 0 spiro atoms. The minimum absolute atomic E-state index is 0.0167. The van der Waals surface area contributed by atoms with Gasteiger partial charge in [0, 0.05) is 18.3 Å². The number of hydrogen-bond donors (Lipinski definition) is 2. The molecule has 1 heterocycles. The molecule has 1 aliphatic heterocycles. The number of rotatable bonds is 4. The molecule has 0 aromatic heterocycles. The zero-order chi connectivity index (χ0) is 14.5. The minimum atomic E-state index is -0.858. The van der Waals surface area contributed by atoms with E-state index in [1.54, 1.807) is 4.90 Å². The number of urea groups is 1. The van der Waals surface area contributed by atoms with Crippen LogP contribution in [-0.2, 0) is 11.2 Å². The van der Waals surface area contributed by atoms with E-state index < -0.39 is 5.97 Å². The molecule has 5 nitrogen and oxygen atoms in total. The van der Waals surface area contributed by atoms with Crippen LogP contribution in [0.4, 0.5) is 10.5 Å². The standard InChI is InChI=1S/C15H20N2O3/c1-2-11-6-3-4-8-13(11)16-15(20)17-9-5-7-12(17)10-14(18)19/h3-4,6,8,12H,2,5,7,9-10H2,1H3,(H,16,20)(H,18,19). The Balaban J connectivity index is 2.05. The van der Waals surface area contributed by atoms with Crippen molar-refractivity contribution in [2.75, 3.05) is 11.9 Å². The first-order valence-electron chi connectivity index (χ1n) is 6.99. The van der Waals surface area contributed by atoms with Crippen LogP contribution in [0.2, 0.25) is 0 Å². The highest BCUT2D eigenvalue weighted by atomic mass is 16.4. The number of carboxylic acid groups (broad SMARTS) is 1. The molecule has 1 atom stereocenters. The molecule has 1 unspecified atom stereocenters. The van der Waals surface area contributed by atoms with Gasteiger partial charge in [0.05, 0.1) is 6.42 Å². The molecule has 0 bridgehead atoms. The number of para-hydroxylation sites is 1. The summed E-state index contributed by atoms with van der Waals surface area (Å²) in [7, 11) is 0. The summed E-state index contributed by atoms with van der Waals surface area (Å²) in [5.74, 6) is -0.858. The van der Waals surface area contributed by atoms with Gasteiger partial charge < -0.3 is 15.3 Å². The highest BCUT2D eigenvalue weighted by Crippen LogP contribution is 2.22. The summed E-state index contributed by atoms with van der Waals surface area (Å²) in [4.78, 5) is 24.8. The SMILES string of the molecule is CCc1ccccc1NC(=O)N1CCCC1CC(=O)O. The molecule has 1 fully saturated rings. The summed E-state index contributed by atoms with van der Waals surface area (Å²) >= 11 is 0. The highest BCUT2D eigenvalue weighted by molar-refractivity contribution is 5.90. The van der Waals surface area contributed by atoms with Gasteiger partial charge in [0.25, 0.3) is 0 Å². The van der Waals surface area contributed by atoms with Crippen LogP contribution in [0.5, 0.6) is 0 Å². The summed E-state index contributed by atoms with van der Waals surface area (Å²) in [5, 5.41) is 11.8. The number of nitrogens with zero attached hydrogens (tertiary/aromatic N) is 1. The van der Waals surface area contributed by atoms with Crippen molar-refractivity contribution in [3.05, 3.63) is 29.8 Å². The number of nitrogens with one attached hydrogen (secondary N) is 1. The average Bonchev–Trinajstić information content (AvgIpc) is 2.86. The summed E-state index contributed by atoms with van der Waals surface area (Å²) in [6, 6.07) is 7.29. The molecular formula is C15H20N2O3. The number of aryl methyl sites for hydroxylation is 1. The lowest BCUT2D eigenvalue weighted by atomic mass is 10.1. The predicted octanol–water partition coefficient (Wildman–Crippen LogP) is 2.72. The Morgan fingerprint density at radius 1 is 1.40 bits per heavy atom. The third kappa shape index (κ3) is 3.29. The Labute approximate surface area is 118 Å². The number of anilines is 1. The number of carboxylic acids is 1. The molecule has 108 valence electrons.